The van der Waals surface area contributed by atoms with Crippen molar-refractivity contribution in [1.82, 2.24) is 0 Å². The monoisotopic (exact) mass is 315 g/mol. The molecule has 0 unspecified atom stereocenters. The Balaban J connectivity index is 2.21. The third-order valence-corrected chi connectivity index (χ3v) is 3.75. The van der Waals surface area contributed by atoms with Crippen LogP contribution < -0.4 is 14.8 Å². The van der Waals surface area contributed by atoms with E-state index in [9.17, 15) is 9.90 Å². The van der Waals surface area contributed by atoms with Gasteiger partial charge < -0.3 is 19.9 Å². The molecule has 0 aliphatic heterocycles. The molecule has 0 spiro atoms. The van der Waals surface area contributed by atoms with Crippen LogP contribution in [0.5, 0.6) is 11.5 Å². The van der Waals surface area contributed by atoms with Gasteiger partial charge in [0.25, 0.3) is 0 Å². The molecule has 0 aliphatic carbocycles. The van der Waals surface area contributed by atoms with E-state index in [0.29, 0.717) is 12.1 Å². The first-order valence-electron chi connectivity index (χ1n) is 7.34. The Morgan fingerprint density at radius 3 is 2.48 bits per heavy atom. The van der Waals surface area contributed by atoms with E-state index >= 15 is 0 Å². The van der Waals surface area contributed by atoms with Crippen LogP contribution in [0.2, 0.25) is 0 Å². The average Bonchev–Trinajstić information content (AvgIpc) is 2.59. The molecule has 2 rings (SSSR count). The van der Waals surface area contributed by atoms with Crippen molar-refractivity contribution in [2.45, 2.75) is 12.8 Å². The molecule has 2 aromatic carbocycles. The van der Waals surface area contributed by atoms with Gasteiger partial charge in [-0.15, -0.1) is 0 Å². The second-order valence-corrected chi connectivity index (χ2v) is 5.11. The number of hydrogen-bond acceptors (Lipinski definition) is 4. The van der Waals surface area contributed by atoms with Gasteiger partial charge >= 0.3 is 5.97 Å². The number of nitrogens with one attached hydrogen (secondary N) is 1. The molecule has 5 heteroatoms. The molecule has 2 N–H and O–H groups in total. The molecule has 122 valence electrons. The first kappa shape index (κ1) is 16.7. The minimum atomic E-state index is -0.935. The highest BCUT2D eigenvalue weighted by Crippen LogP contribution is 2.26. The summed E-state index contributed by atoms with van der Waals surface area (Å²) < 4.78 is 10.6. The summed E-state index contributed by atoms with van der Waals surface area (Å²) in [5.41, 5.74) is 2.88. The van der Waals surface area contributed by atoms with Crippen LogP contribution in [0, 0.1) is 0 Å². The number of ether oxygens (including phenoxy) is 2. The molecular weight excluding hydrogens is 294 g/mol. The number of methoxy groups -OCH3 is 2. The van der Waals surface area contributed by atoms with Gasteiger partial charge in [-0.1, -0.05) is 6.07 Å². The van der Waals surface area contributed by atoms with Gasteiger partial charge in [-0.05, 0) is 54.3 Å². The summed E-state index contributed by atoms with van der Waals surface area (Å²) in [5.74, 6) is 0.642. The zero-order chi connectivity index (χ0) is 16.8. The molecular formula is C18H21NO4. The Hall–Kier alpha value is -2.69. The van der Waals surface area contributed by atoms with Gasteiger partial charge in [0.2, 0.25) is 0 Å². The molecule has 0 saturated heterocycles. The summed E-state index contributed by atoms with van der Waals surface area (Å²) in [6.07, 6.45) is 1.45. The van der Waals surface area contributed by atoms with Crippen molar-refractivity contribution in [3.63, 3.8) is 0 Å². The summed E-state index contributed by atoms with van der Waals surface area (Å²) >= 11 is 0. The van der Waals surface area contributed by atoms with Crippen LogP contribution in [0.4, 0.5) is 5.69 Å². The first-order chi connectivity index (χ1) is 11.1. The fourth-order valence-corrected chi connectivity index (χ4v) is 2.50. The van der Waals surface area contributed by atoms with Gasteiger partial charge in [-0.25, -0.2) is 4.79 Å². The van der Waals surface area contributed by atoms with Crippen LogP contribution in [-0.2, 0) is 12.8 Å². The fraction of sp³-hybridized carbons (Fsp3) is 0.278. The van der Waals surface area contributed by atoms with E-state index in [1.54, 1.807) is 33.4 Å². The van der Waals surface area contributed by atoms with Gasteiger partial charge in [0.05, 0.1) is 19.8 Å². The summed E-state index contributed by atoms with van der Waals surface area (Å²) in [4.78, 5) is 11.3. The molecule has 0 atom stereocenters. The Bertz CT molecular complexity index is 697. The lowest BCUT2D eigenvalue weighted by molar-refractivity contribution is 0.0698. The van der Waals surface area contributed by atoms with E-state index in [1.807, 2.05) is 24.3 Å². The highest BCUT2D eigenvalue weighted by molar-refractivity contribution is 5.94. The summed E-state index contributed by atoms with van der Waals surface area (Å²) in [5, 5.41) is 12.2. The number of rotatable bonds is 7. The molecule has 0 aromatic heterocycles. The van der Waals surface area contributed by atoms with Gasteiger partial charge in [0, 0.05) is 12.7 Å². The number of hydrogen-bond donors (Lipinski definition) is 2. The summed E-state index contributed by atoms with van der Waals surface area (Å²) in [7, 11) is 4.97. The standard InChI is InChI=1S/C18H21NO4/c1-19-16-8-5-12(10-15(16)18(20)21)4-6-13-11-14(22-2)7-9-17(13)23-3/h5,7-11,19H,4,6H2,1-3H3,(H,20,21). The topological polar surface area (TPSA) is 67.8 Å². The molecule has 2 aromatic rings. The predicted octanol–water partition coefficient (Wildman–Crippen LogP) is 3.23. The zero-order valence-corrected chi connectivity index (χ0v) is 13.6. The molecule has 5 nitrogen and oxygen atoms in total. The second-order valence-electron chi connectivity index (χ2n) is 5.11. The normalized spacial score (nSPS) is 10.2. The number of carboxylic acids is 1. The van der Waals surface area contributed by atoms with Crippen LogP contribution in [0.3, 0.4) is 0 Å². The lowest BCUT2D eigenvalue weighted by Gasteiger charge is -2.12. The van der Waals surface area contributed by atoms with Crippen molar-refractivity contribution in [3.05, 3.63) is 53.1 Å². The zero-order valence-electron chi connectivity index (χ0n) is 13.6. The molecule has 0 radical (unpaired) electrons. The Morgan fingerprint density at radius 1 is 1.09 bits per heavy atom. The maximum absolute atomic E-state index is 11.3. The number of anilines is 1. The quantitative estimate of drug-likeness (QED) is 0.821. The van der Waals surface area contributed by atoms with E-state index in [0.717, 1.165) is 29.0 Å². The third kappa shape index (κ3) is 3.94. The van der Waals surface area contributed by atoms with Crippen molar-refractivity contribution in [2.75, 3.05) is 26.6 Å². The van der Waals surface area contributed by atoms with Gasteiger partial charge in [0.1, 0.15) is 11.5 Å². The highest BCUT2D eigenvalue weighted by atomic mass is 16.5. The molecule has 0 bridgehead atoms. The van der Waals surface area contributed by atoms with Crippen LogP contribution in [0.25, 0.3) is 0 Å². The second kappa shape index (κ2) is 7.54. The number of aromatic carboxylic acids is 1. The highest BCUT2D eigenvalue weighted by Gasteiger charge is 2.11. The van der Waals surface area contributed by atoms with E-state index in [-0.39, 0.29) is 5.56 Å². The Morgan fingerprint density at radius 2 is 1.87 bits per heavy atom. The molecule has 0 fully saturated rings. The minimum absolute atomic E-state index is 0.280. The van der Waals surface area contributed by atoms with Crippen molar-refractivity contribution in [1.29, 1.82) is 0 Å². The Kier molecular flexibility index (Phi) is 5.46. The maximum atomic E-state index is 11.3. The largest absolute Gasteiger partial charge is 0.497 e. The van der Waals surface area contributed by atoms with E-state index in [2.05, 4.69) is 5.32 Å². The lowest BCUT2D eigenvalue weighted by Crippen LogP contribution is -2.04. The minimum Gasteiger partial charge on any atom is -0.497 e. The fourth-order valence-electron chi connectivity index (χ4n) is 2.50. The number of carbonyl (C=O) groups is 1. The van der Waals surface area contributed by atoms with Gasteiger partial charge in [-0.3, -0.25) is 0 Å². The van der Waals surface area contributed by atoms with E-state index in [1.165, 1.54) is 0 Å². The average molecular weight is 315 g/mol. The van der Waals surface area contributed by atoms with Gasteiger partial charge in [-0.2, -0.15) is 0 Å². The Labute approximate surface area is 135 Å². The SMILES string of the molecule is CNc1ccc(CCc2cc(OC)ccc2OC)cc1C(=O)O. The third-order valence-electron chi connectivity index (χ3n) is 3.75. The molecule has 23 heavy (non-hydrogen) atoms. The van der Waals surface area contributed by atoms with Crippen molar-refractivity contribution in [2.24, 2.45) is 0 Å². The number of aryl methyl sites for hydroxylation is 2. The lowest BCUT2D eigenvalue weighted by atomic mass is 10.0. The first-order valence-corrected chi connectivity index (χ1v) is 7.34. The summed E-state index contributed by atoms with van der Waals surface area (Å²) in [6, 6.07) is 11.1. The molecule has 0 amide bonds. The van der Waals surface area contributed by atoms with Crippen molar-refractivity contribution >= 4 is 11.7 Å². The number of carboxylic acid groups (broad SMARTS) is 1. The summed E-state index contributed by atoms with van der Waals surface area (Å²) in [6.45, 7) is 0. The van der Waals surface area contributed by atoms with Gasteiger partial charge in [0.15, 0.2) is 0 Å². The molecule has 0 aliphatic rings. The van der Waals surface area contributed by atoms with Crippen LogP contribution >= 0.6 is 0 Å². The van der Waals surface area contributed by atoms with Crippen molar-refractivity contribution < 1.29 is 19.4 Å². The van der Waals surface area contributed by atoms with Crippen LogP contribution in [0.15, 0.2) is 36.4 Å². The molecule has 0 saturated carbocycles. The van der Waals surface area contributed by atoms with Crippen molar-refractivity contribution in [3.8, 4) is 11.5 Å². The van der Waals surface area contributed by atoms with E-state index < -0.39 is 5.97 Å². The molecule has 0 heterocycles. The van der Waals surface area contributed by atoms with Crippen LogP contribution in [0.1, 0.15) is 21.5 Å². The predicted molar refractivity (Wildman–Crippen MR) is 89.9 cm³/mol. The van der Waals surface area contributed by atoms with E-state index in [4.69, 9.17) is 9.47 Å². The maximum Gasteiger partial charge on any atom is 0.337 e. The van der Waals surface area contributed by atoms with Crippen LogP contribution in [-0.4, -0.2) is 32.3 Å². The number of benzene rings is 2. The smallest absolute Gasteiger partial charge is 0.337 e.